The van der Waals surface area contributed by atoms with E-state index in [-0.39, 0.29) is 12.6 Å². The molecule has 0 N–H and O–H groups in total. The van der Waals surface area contributed by atoms with E-state index in [1.165, 1.54) is 12.8 Å². The lowest BCUT2D eigenvalue weighted by Crippen LogP contribution is -2.13. The number of carbonyl (C=O) groups is 1. The highest BCUT2D eigenvalue weighted by Crippen LogP contribution is 2.27. The molecule has 4 nitrogen and oxygen atoms in total. The molecule has 27 heavy (non-hydrogen) atoms. The van der Waals surface area contributed by atoms with Gasteiger partial charge in [-0.05, 0) is 24.8 Å². The molecule has 0 radical (unpaired) electrons. The lowest BCUT2D eigenvalue weighted by atomic mass is 10.1. The number of aromatic nitrogens is 2. The summed E-state index contributed by atoms with van der Waals surface area (Å²) in [6, 6.07) is 19.9. The number of esters is 1. The van der Waals surface area contributed by atoms with Crippen LogP contribution >= 0.6 is 0 Å². The first-order chi connectivity index (χ1) is 13.3. The SMILES string of the molecule is O=C(OCc1ccccc1)c1nc(-c2ccccc2)n2c1CCCCCC2. The van der Waals surface area contributed by atoms with E-state index >= 15 is 0 Å². The lowest BCUT2D eigenvalue weighted by molar-refractivity contribution is 0.0464. The molecule has 2 heterocycles. The second-order valence-corrected chi connectivity index (χ2v) is 6.97. The molecular formula is C23H24N2O2. The van der Waals surface area contributed by atoms with E-state index in [4.69, 9.17) is 9.72 Å². The van der Waals surface area contributed by atoms with E-state index in [1.54, 1.807) is 0 Å². The van der Waals surface area contributed by atoms with Crippen molar-refractivity contribution in [2.45, 2.75) is 45.3 Å². The van der Waals surface area contributed by atoms with E-state index in [0.29, 0.717) is 5.69 Å². The Morgan fingerprint density at radius 1 is 0.926 bits per heavy atom. The zero-order chi connectivity index (χ0) is 18.5. The zero-order valence-corrected chi connectivity index (χ0v) is 15.4. The predicted molar refractivity (Wildman–Crippen MR) is 105 cm³/mol. The fraction of sp³-hybridized carbons (Fsp3) is 0.304. The Morgan fingerprint density at radius 3 is 2.41 bits per heavy atom. The highest BCUT2D eigenvalue weighted by Gasteiger charge is 2.24. The third-order valence-electron chi connectivity index (χ3n) is 5.06. The molecule has 1 aliphatic rings. The smallest absolute Gasteiger partial charge is 0.359 e. The Morgan fingerprint density at radius 2 is 1.63 bits per heavy atom. The van der Waals surface area contributed by atoms with Gasteiger partial charge >= 0.3 is 5.97 Å². The van der Waals surface area contributed by atoms with Crippen LogP contribution in [0.25, 0.3) is 11.4 Å². The van der Waals surface area contributed by atoms with Crippen LogP contribution in [-0.4, -0.2) is 15.5 Å². The van der Waals surface area contributed by atoms with Gasteiger partial charge in [-0.1, -0.05) is 73.5 Å². The molecule has 0 saturated heterocycles. The van der Waals surface area contributed by atoms with Crippen LogP contribution in [0.5, 0.6) is 0 Å². The summed E-state index contributed by atoms with van der Waals surface area (Å²) < 4.78 is 7.82. The van der Waals surface area contributed by atoms with E-state index < -0.39 is 0 Å². The van der Waals surface area contributed by atoms with Crippen LogP contribution in [0.3, 0.4) is 0 Å². The maximum Gasteiger partial charge on any atom is 0.359 e. The maximum absolute atomic E-state index is 12.8. The van der Waals surface area contributed by atoms with Crippen LogP contribution in [0.2, 0.25) is 0 Å². The lowest BCUT2D eigenvalue weighted by Gasteiger charge is -2.15. The van der Waals surface area contributed by atoms with Crippen molar-refractivity contribution in [3.05, 3.63) is 77.6 Å². The number of benzene rings is 2. The van der Waals surface area contributed by atoms with Gasteiger partial charge in [-0.25, -0.2) is 9.78 Å². The highest BCUT2D eigenvalue weighted by molar-refractivity contribution is 5.89. The zero-order valence-electron chi connectivity index (χ0n) is 15.4. The van der Waals surface area contributed by atoms with E-state index in [1.807, 2.05) is 60.7 Å². The molecule has 0 fully saturated rings. The van der Waals surface area contributed by atoms with Gasteiger partial charge in [0.05, 0.1) is 5.69 Å². The minimum absolute atomic E-state index is 0.270. The fourth-order valence-electron chi connectivity index (χ4n) is 3.66. The van der Waals surface area contributed by atoms with Gasteiger partial charge in [-0.3, -0.25) is 0 Å². The number of imidazole rings is 1. The molecule has 1 aromatic heterocycles. The van der Waals surface area contributed by atoms with Crippen molar-refractivity contribution in [2.24, 2.45) is 0 Å². The standard InChI is InChI=1S/C23H24N2O2/c26-23(27-17-18-11-5-3-6-12-18)21-20-15-9-1-2-10-16-25(20)22(24-21)19-13-7-4-8-14-19/h3-8,11-14H,1-2,9-10,15-17H2. The maximum atomic E-state index is 12.8. The Hall–Kier alpha value is -2.88. The molecule has 138 valence electrons. The average Bonchev–Trinajstić information content (AvgIpc) is 3.05. The molecule has 0 atom stereocenters. The summed E-state index contributed by atoms with van der Waals surface area (Å²) in [5.41, 5.74) is 3.52. The van der Waals surface area contributed by atoms with Gasteiger partial charge in [-0.15, -0.1) is 0 Å². The molecule has 0 amide bonds. The van der Waals surface area contributed by atoms with E-state index in [0.717, 1.165) is 48.5 Å². The van der Waals surface area contributed by atoms with Crippen LogP contribution in [0.1, 0.15) is 47.4 Å². The van der Waals surface area contributed by atoms with Crippen molar-refractivity contribution in [3.8, 4) is 11.4 Å². The van der Waals surface area contributed by atoms with Crippen molar-refractivity contribution in [1.29, 1.82) is 0 Å². The summed E-state index contributed by atoms with van der Waals surface area (Å²) in [5, 5.41) is 0. The number of carbonyl (C=O) groups excluding carboxylic acids is 1. The van der Waals surface area contributed by atoms with Gasteiger partial charge in [0.1, 0.15) is 12.4 Å². The Kier molecular flexibility index (Phi) is 5.33. The Labute approximate surface area is 159 Å². The van der Waals surface area contributed by atoms with Gasteiger partial charge < -0.3 is 9.30 Å². The van der Waals surface area contributed by atoms with Crippen molar-refractivity contribution in [3.63, 3.8) is 0 Å². The summed E-state index contributed by atoms with van der Waals surface area (Å²) in [7, 11) is 0. The molecule has 0 saturated carbocycles. The van der Waals surface area contributed by atoms with Gasteiger partial charge in [0.15, 0.2) is 5.69 Å². The molecule has 3 aromatic rings. The molecule has 1 aliphatic heterocycles. The van der Waals surface area contributed by atoms with Gasteiger partial charge in [0.25, 0.3) is 0 Å². The minimum Gasteiger partial charge on any atom is -0.456 e. The van der Waals surface area contributed by atoms with Gasteiger partial charge in [-0.2, -0.15) is 0 Å². The highest BCUT2D eigenvalue weighted by atomic mass is 16.5. The molecular weight excluding hydrogens is 336 g/mol. The third-order valence-corrected chi connectivity index (χ3v) is 5.06. The number of hydrogen-bond acceptors (Lipinski definition) is 3. The van der Waals surface area contributed by atoms with Crippen molar-refractivity contribution >= 4 is 5.97 Å². The average molecular weight is 360 g/mol. The number of rotatable bonds is 4. The molecule has 0 bridgehead atoms. The molecule has 4 rings (SSSR count). The molecule has 0 aliphatic carbocycles. The van der Waals surface area contributed by atoms with Crippen molar-refractivity contribution in [2.75, 3.05) is 0 Å². The summed E-state index contributed by atoms with van der Waals surface area (Å²) in [6.07, 6.45) is 5.49. The second-order valence-electron chi connectivity index (χ2n) is 6.97. The first-order valence-corrected chi connectivity index (χ1v) is 9.69. The summed E-state index contributed by atoms with van der Waals surface area (Å²) in [4.78, 5) is 17.6. The first kappa shape index (κ1) is 17.5. The van der Waals surface area contributed by atoms with Crippen molar-refractivity contribution in [1.82, 2.24) is 9.55 Å². The predicted octanol–water partition coefficient (Wildman–Crippen LogP) is 5.02. The quantitative estimate of drug-likeness (QED) is 0.613. The molecule has 4 heteroatoms. The molecule has 0 unspecified atom stereocenters. The Balaban J connectivity index is 1.66. The minimum atomic E-state index is -0.328. The van der Waals surface area contributed by atoms with Gasteiger partial charge in [0, 0.05) is 12.1 Å². The fourth-order valence-corrected chi connectivity index (χ4v) is 3.66. The number of fused-ring (bicyclic) bond motifs is 1. The van der Waals surface area contributed by atoms with E-state index in [9.17, 15) is 4.79 Å². The first-order valence-electron chi connectivity index (χ1n) is 9.69. The van der Waals surface area contributed by atoms with Crippen LogP contribution in [0.15, 0.2) is 60.7 Å². The molecule has 2 aromatic carbocycles. The second kappa shape index (κ2) is 8.21. The van der Waals surface area contributed by atoms with Crippen molar-refractivity contribution < 1.29 is 9.53 Å². The Bertz CT molecular complexity index is 901. The largest absolute Gasteiger partial charge is 0.456 e. The van der Waals surface area contributed by atoms with Crippen LogP contribution in [0, 0.1) is 0 Å². The van der Waals surface area contributed by atoms with Crippen LogP contribution in [-0.2, 0) is 24.3 Å². The molecule has 0 spiro atoms. The summed E-state index contributed by atoms with van der Waals surface area (Å²) in [5.74, 6) is 0.546. The number of nitrogens with zero attached hydrogens (tertiary/aromatic N) is 2. The topological polar surface area (TPSA) is 44.1 Å². The van der Waals surface area contributed by atoms with Crippen LogP contribution in [0.4, 0.5) is 0 Å². The normalized spacial score (nSPS) is 14.1. The monoisotopic (exact) mass is 360 g/mol. The number of ether oxygens (including phenoxy) is 1. The van der Waals surface area contributed by atoms with Gasteiger partial charge in [0.2, 0.25) is 0 Å². The summed E-state index contributed by atoms with van der Waals surface area (Å²) in [6.45, 7) is 1.17. The number of hydrogen-bond donors (Lipinski definition) is 0. The van der Waals surface area contributed by atoms with Crippen LogP contribution < -0.4 is 0 Å². The van der Waals surface area contributed by atoms with E-state index in [2.05, 4.69) is 4.57 Å². The third kappa shape index (κ3) is 3.95. The summed E-state index contributed by atoms with van der Waals surface area (Å²) >= 11 is 0.